The minimum atomic E-state index is -3.52. The number of esters is 1. The number of aryl methyl sites for hydroxylation is 1. The summed E-state index contributed by atoms with van der Waals surface area (Å²) in [6, 6.07) is 13.9. The van der Waals surface area contributed by atoms with Gasteiger partial charge in [-0.2, -0.15) is 0 Å². The Morgan fingerprint density at radius 1 is 0.909 bits per heavy atom. The summed E-state index contributed by atoms with van der Waals surface area (Å²) in [6.45, 7) is 4.32. The molecule has 0 saturated carbocycles. The second kappa shape index (κ2) is 16.1. The summed E-state index contributed by atoms with van der Waals surface area (Å²) in [5.74, 6) is -1.20. The van der Waals surface area contributed by atoms with Crippen LogP contribution in [-0.2, 0) is 37.0 Å². The average Bonchev–Trinajstić information content (AvgIpc) is 2.97. The van der Waals surface area contributed by atoms with Gasteiger partial charge in [0, 0.05) is 10.6 Å². The highest BCUT2D eigenvalue weighted by Crippen LogP contribution is 2.33. The number of halogens is 1. The zero-order valence-electron chi connectivity index (χ0n) is 24.9. The summed E-state index contributed by atoms with van der Waals surface area (Å²) in [4.78, 5) is 36.9. The number of anilines is 1. The van der Waals surface area contributed by atoms with Crippen LogP contribution < -0.4 is 14.8 Å². The van der Waals surface area contributed by atoms with Crippen molar-refractivity contribution in [2.75, 3.05) is 30.9 Å². The fourth-order valence-corrected chi connectivity index (χ4v) is 5.82. The molecule has 0 heterocycles. The number of sulfone groups is 1. The van der Waals surface area contributed by atoms with E-state index < -0.39 is 28.3 Å². The second-order valence-corrected chi connectivity index (χ2v) is 12.4. The summed E-state index contributed by atoms with van der Waals surface area (Å²) in [7, 11) is -3.52. The predicted molar refractivity (Wildman–Crippen MR) is 167 cm³/mol. The number of ketones is 1. The van der Waals surface area contributed by atoms with Gasteiger partial charge in [-0.25, -0.2) is 13.2 Å². The van der Waals surface area contributed by atoms with Crippen molar-refractivity contribution >= 4 is 44.8 Å². The number of amides is 1. The lowest BCUT2D eigenvalue weighted by atomic mass is 10.0. The van der Waals surface area contributed by atoms with Gasteiger partial charge in [0.2, 0.25) is 0 Å². The first kappa shape index (κ1) is 34.4. The predicted octanol–water partition coefficient (Wildman–Crippen LogP) is 5.57. The maximum Gasteiger partial charge on any atom is 0.344 e. The SMILES string of the molecule is CCCc1c(OCC(=O)Nc2cc(CCCS(=O)(=O)c3ccc(Cl)cc3)ccc2OCC(=O)OCC)ccc(C(C)=O)c1O. The summed E-state index contributed by atoms with van der Waals surface area (Å²) in [6.07, 6.45) is 1.80. The van der Waals surface area contributed by atoms with E-state index in [0.29, 0.717) is 36.3 Å². The van der Waals surface area contributed by atoms with E-state index in [1.54, 1.807) is 31.2 Å². The number of aromatic hydroxyl groups is 1. The third-order valence-corrected chi connectivity index (χ3v) is 8.57. The zero-order chi connectivity index (χ0) is 32.3. The molecule has 1 amide bonds. The number of hydrogen-bond donors (Lipinski definition) is 2. The molecule has 3 aromatic carbocycles. The number of Topliss-reactive ketones (excluding diaryl/α,β-unsaturated/α-hetero) is 1. The molecule has 0 radical (unpaired) electrons. The number of phenolic OH excluding ortho intramolecular Hbond substituents is 1. The van der Waals surface area contributed by atoms with Gasteiger partial charge < -0.3 is 24.6 Å². The molecule has 0 aromatic heterocycles. The standard InChI is InChI=1S/C32H36ClNO9S/c1-4-7-26-28(16-14-25(21(3)35)32(26)38)42-19-30(36)34-27-18-22(9-15-29(27)43-20-31(37)41-5-2)8-6-17-44(39,40)24-12-10-23(33)11-13-24/h9-16,18,38H,4-8,17,19-20H2,1-3H3,(H,34,36). The van der Waals surface area contributed by atoms with Gasteiger partial charge in [-0.05, 0) is 87.2 Å². The van der Waals surface area contributed by atoms with Gasteiger partial charge >= 0.3 is 5.97 Å². The number of ether oxygens (including phenoxy) is 3. The van der Waals surface area contributed by atoms with Gasteiger partial charge in [0.05, 0.1) is 28.5 Å². The average molecular weight is 646 g/mol. The van der Waals surface area contributed by atoms with Crippen molar-refractivity contribution in [3.8, 4) is 17.2 Å². The number of hydrogen-bond acceptors (Lipinski definition) is 9. The Labute approximate surface area is 262 Å². The van der Waals surface area contributed by atoms with Gasteiger partial charge in [0.15, 0.2) is 28.8 Å². The Kier molecular flexibility index (Phi) is 12.6. The fraction of sp³-hybridized carbons (Fsp3) is 0.344. The van der Waals surface area contributed by atoms with Gasteiger partial charge in [-0.15, -0.1) is 0 Å². The lowest BCUT2D eigenvalue weighted by molar-refractivity contribution is -0.145. The van der Waals surface area contributed by atoms with E-state index in [1.165, 1.54) is 37.3 Å². The Balaban J connectivity index is 1.74. The van der Waals surface area contributed by atoms with Crippen LogP contribution >= 0.6 is 11.6 Å². The molecule has 0 fully saturated rings. The highest BCUT2D eigenvalue weighted by molar-refractivity contribution is 7.91. The van der Waals surface area contributed by atoms with Crippen molar-refractivity contribution in [1.29, 1.82) is 0 Å². The molecule has 0 aliphatic heterocycles. The van der Waals surface area contributed by atoms with Crippen LogP contribution in [0.2, 0.25) is 5.02 Å². The van der Waals surface area contributed by atoms with Crippen LogP contribution in [0, 0.1) is 0 Å². The van der Waals surface area contributed by atoms with Crippen molar-refractivity contribution in [1.82, 2.24) is 0 Å². The molecule has 3 aromatic rings. The summed E-state index contributed by atoms with van der Waals surface area (Å²) < 4.78 is 41.7. The van der Waals surface area contributed by atoms with Crippen molar-refractivity contribution < 1.29 is 42.1 Å². The molecular formula is C32H36ClNO9S. The fourth-order valence-electron chi connectivity index (χ4n) is 4.38. The van der Waals surface area contributed by atoms with Crippen LogP contribution in [0.4, 0.5) is 5.69 Å². The lowest BCUT2D eigenvalue weighted by Gasteiger charge is -2.16. The molecule has 3 rings (SSSR count). The van der Waals surface area contributed by atoms with E-state index in [0.717, 1.165) is 5.56 Å². The summed E-state index contributed by atoms with van der Waals surface area (Å²) in [5, 5.41) is 13.7. The third kappa shape index (κ3) is 9.72. The van der Waals surface area contributed by atoms with E-state index >= 15 is 0 Å². The Bertz CT molecular complexity index is 1590. The molecule has 0 saturated heterocycles. The maximum absolute atomic E-state index is 13.0. The molecule has 44 heavy (non-hydrogen) atoms. The number of carbonyl (C=O) groups excluding carboxylic acids is 3. The molecular weight excluding hydrogens is 610 g/mol. The van der Waals surface area contributed by atoms with Crippen LogP contribution in [0.15, 0.2) is 59.5 Å². The number of phenols is 1. The second-order valence-electron chi connectivity index (χ2n) is 9.88. The van der Waals surface area contributed by atoms with Crippen LogP contribution in [0.5, 0.6) is 17.2 Å². The molecule has 0 bridgehead atoms. The van der Waals surface area contributed by atoms with Crippen LogP contribution in [-0.4, -0.2) is 56.8 Å². The monoisotopic (exact) mass is 645 g/mol. The van der Waals surface area contributed by atoms with E-state index in [1.807, 2.05) is 6.92 Å². The molecule has 0 unspecified atom stereocenters. The molecule has 236 valence electrons. The molecule has 0 aliphatic carbocycles. The minimum absolute atomic E-state index is 0.0966. The molecule has 0 aliphatic rings. The number of carbonyl (C=O) groups is 3. The van der Waals surface area contributed by atoms with Gasteiger partial charge in [0.25, 0.3) is 5.91 Å². The van der Waals surface area contributed by atoms with Gasteiger partial charge in [0.1, 0.15) is 17.2 Å². The number of rotatable bonds is 16. The first-order valence-electron chi connectivity index (χ1n) is 14.1. The summed E-state index contributed by atoms with van der Waals surface area (Å²) in [5.41, 5.74) is 1.59. The first-order valence-corrected chi connectivity index (χ1v) is 16.2. The Morgan fingerprint density at radius 3 is 2.25 bits per heavy atom. The molecule has 0 spiro atoms. The van der Waals surface area contributed by atoms with E-state index in [-0.39, 0.29) is 58.1 Å². The van der Waals surface area contributed by atoms with E-state index in [4.69, 9.17) is 25.8 Å². The van der Waals surface area contributed by atoms with Crippen molar-refractivity contribution in [2.45, 2.75) is 51.3 Å². The zero-order valence-corrected chi connectivity index (χ0v) is 26.4. The number of benzene rings is 3. The van der Waals surface area contributed by atoms with Crippen LogP contribution in [0.1, 0.15) is 55.1 Å². The normalized spacial score (nSPS) is 11.1. The van der Waals surface area contributed by atoms with Crippen LogP contribution in [0.25, 0.3) is 0 Å². The Morgan fingerprint density at radius 2 is 1.59 bits per heavy atom. The molecule has 12 heteroatoms. The van der Waals surface area contributed by atoms with Gasteiger partial charge in [-0.3, -0.25) is 9.59 Å². The van der Waals surface area contributed by atoms with E-state index in [9.17, 15) is 27.9 Å². The number of nitrogens with one attached hydrogen (secondary N) is 1. The largest absolute Gasteiger partial charge is 0.507 e. The van der Waals surface area contributed by atoms with Crippen molar-refractivity contribution in [2.24, 2.45) is 0 Å². The van der Waals surface area contributed by atoms with Crippen molar-refractivity contribution in [3.05, 3.63) is 76.3 Å². The topological polar surface area (TPSA) is 145 Å². The van der Waals surface area contributed by atoms with Gasteiger partial charge in [-0.1, -0.05) is 31.0 Å². The minimum Gasteiger partial charge on any atom is -0.507 e. The highest BCUT2D eigenvalue weighted by Gasteiger charge is 2.18. The molecule has 2 N–H and O–H groups in total. The smallest absolute Gasteiger partial charge is 0.344 e. The highest BCUT2D eigenvalue weighted by atomic mass is 35.5. The lowest BCUT2D eigenvalue weighted by Crippen LogP contribution is -2.22. The summed E-state index contributed by atoms with van der Waals surface area (Å²) >= 11 is 5.87. The van der Waals surface area contributed by atoms with Crippen LogP contribution in [0.3, 0.4) is 0 Å². The Hall–Kier alpha value is -4.09. The molecule has 10 nitrogen and oxygen atoms in total. The maximum atomic E-state index is 13.0. The third-order valence-electron chi connectivity index (χ3n) is 6.50. The quantitative estimate of drug-likeness (QED) is 0.151. The first-order chi connectivity index (χ1) is 20.9. The van der Waals surface area contributed by atoms with E-state index in [2.05, 4.69) is 5.32 Å². The molecule has 0 atom stereocenters. The van der Waals surface area contributed by atoms with Crippen molar-refractivity contribution in [3.63, 3.8) is 0 Å².